The summed E-state index contributed by atoms with van der Waals surface area (Å²) >= 11 is 0. The van der Waals surface area contributed by atoms with Gasteiger partial charge in [0.05, 0.1) is 45.1 Å². The van der Waals surface area contributed by atoms with E-state index in [4.69, 9.17) is 15.0 Å². The van der Waals surface area contributed by atoms with Crippen molar-refractivity contribution in [3.63, 3.8) is 0 Å². The highest BCUT2D eigenvalue weighted by atomic mass is 15.1. The minimum Gasteiger partial charge on any atom is -0.310 e. The Labute approximate surface area is 418 Å². The van der Waals surface area contributed by atoms with Gasteiger partial charge in [0, 0.05) is 63.0 Å². The Kier molecular flexibility index (Phi) is 9.64. The quantitative estimate of drug-likeness (QED) is 0.144. The number of fused-ring (bicyclic) bond motifs is 12. The molecular formula is C66H44N6. The maximum absolute atomic E-state index is 5.26. The number of para-hydroxylation sites is 4. The molecule has 0 bridgehead atoms. The van der Waals surface area contributed by atoms with E-state index in [-0.39, 0.29) is 0 Å². The van der Waals surface area contributed by atoms with Gasteiger partial charge in [-0.1, -0.05) is 140 Å². The zero-order valence-electron chi connectivity index (χ0n) is 39.1. The Balaban J connectivity index is 1.12. The predicted molar refractivity (Wildman–Crippen MR) is 293 cm³/mol. The van der Waals surface area contributed by atoms with Crippen LogP contribution in [-0.4, -0.2) is 19.5 Å². The van der Waals surface area contributed by atoms with Crippen LogP contribution in [0.4, 0.5) is 34.1 Å². The molecule has 0 amide bonds. The van der Waals surface area contributed by atoms with Crippen LogP contribution < -0.4 is 9.80 Å². The van der Waals surface area contributed by atoms with Gasteiger partial charge < -0.3 is 14.4 Å². The fourth-order valence-electron chi connectivity index (χ4n) is 11.6. The fourth-order valence-corrected chi connectivity index (χ4v) is 11.6. The van der Waals surface area contributed by atoms with Crippen molar-refractivity contribution in [1.29, 1.82) is 0 Å². The summed E-state index contributed by atoms with van der Waals surface area (Å²) in [5, 5.41) is 1.15. The zero-order chi connectivity index (χ0) is 47.6. The summed E-state index contributed by atoms with van der Waals surface area (Å²) < 4.78 is 2.49. The standard InChI is InChI=1S/C66H44N6/c1-5-21-45(22-6-1)70(46-23-7-2-8-24-46)49-36-38-63-55(41-49)64-65(72(63)51-43-61(59-33-17-19-39-67-59)69-62(44-51)60-34-18-20-40-68-60)54-30-14-16-32-57(54)66(64)56-31-15-13-29-52(56)53-37-35-50(42-58(53)66)71(47-25-9-3-10-26-47)48-27-11-4-12-28-48/h1-44H. The van der Waals surface area contributed by atoms with Crippen LogP contribution >= 0.6 is 0 Å². The number of hydrogen-bond acceptors (Lipinski definition) is 5. The molecule has 72 heavy (non-hydrogen) atoms. The van der Waals surface area contributed by atoms with Crippen molar-refractivity contribution >= 4 is 45.0 Å². The van der Waals surface area contributed by atoms with Gasteiger partial charge in [0.1, 0.15) is 0 Å². The molecule has 1 atom stereocenters. The van der Waals surface area contributed by atoms with E-state index >= 15 is 0 Å². The average molecular weight is 921 g/mol. The lowest BCUT2D eigenvalue weighted by Crippen LogP contribution is -2.26. The van der Waals surface area contributed by atoms with Crippen molar-refractivity contribution in [2.75, 3.05) is 9.80 Å². The third-order valence-electron chi connectivity index (χ3n) is 14.4. The van der Waals surface area contributed by atoms with E-state index in [9.17, 15) is 0 Å². The van der Waals surface area contributed by atoms with Crippen LogP contribution in [0.3, 0.4) is 0 Å². The number of anilines is 6. The third kappa shape index (κ3) is 6.39. The number of pyridine rings is 3. The average Bonchev–Trinajstić information content (AvgIpc) is 4.08. The Morgan fingerprint density at radius 2 is 0.778 bits per heavy atom. The summed E-state index contributed by atoms with van der Waals surface area (Å²) in [5.74, 6) is 0. The molecule has 12 aromatic rings. The summed E-state index contributed by atoms with van der Waals surface area (Å²) in [4.78, 5) is 19.7. The van der Waals surface area contributed by atoms with Gasteiger partial charge >= 0.3 is 0 Å². The Morgan fingerprint density at radius 1 is 0.333 bits per heavy atom. The smallest absolute Gasteiger partial charge is 0.0915 e. The van der Waals surface area contributed by atoms with Gasteiger partial charge in [0.25, 0.3) is 0 Å². The molecule has 14 rings (SSSR count). The van der Waals surface area contributed by atoms with Crippen molar-refractivity contribution in [3.05, 3.63) is 289 Å². The van der Waals surface area contributed by atoms with Gasteiger partial charge in [-0.15, -0.1) is 0 Å². The summed E-state index contributed by atoms with van der Waals surface area (Å²) in [6, 6.07) is 91.5. The van der Waals surface area contributed by atoms with Crippen LogP contribution in [0.1, 0.15) is 22.3 Å². The van der Waals surface area contributed by atoms with Crippen molar-refractivity contribution in [3.8, 4) is 50.8 Å². The molecule has 4 aromatic heterocycles. The lowest BCUT2D eigenvalue weighted by atomic mass is 9.70. The van der Waals surface area contributed by atoms with Crippen molar-refractivity contribution in [1.82, 2.24) is 19.5 Å². The van der Waals surface area contributed by atoms with Crippen LogP contribution in [0.15, 0.2) is 267 Å². The topological polar surface area (TPSA) is 50.1 Å². The molecule has 6 heteroatoms. The molecule has 0 N–H and O–H groups in total. The van der Waals surface area contributed by atoms with E-state index in [2.05, 4.69) is 233 Å². The van der Waals surface area contributed by atoms with Crippen LogP contribution in [-0.2, 0) is 5.41 Å². The Morgan fingerprint density at radius 3 is 1.31 bits per heavy atom. The molecule has 2 aliphatic carbocycles. The lowest BCUT2D eigenvalue weighted by Gasteiger charge is -2.32. The van der Waals surface area contributed by atoms with Gasteiger partial charge in [-0.3, -0.25) is 9.97 Å². The summed E-state index contributed by atoms with van der Waals surface area (Å²) in [7, 11) is 0. The molecular weight excluding hydrogens is 877 g/mol. The molecule has 0 fully saturated rings. The minimum absolute atomic E-state index is 0.722. The number of aromatic nitrogens is 4. The second-order valence-electron chi connectivity index (χ2n) is 18.4. The van der Waals surface area contributed by atoms with E-state index in [1.54, 1.807) is 0 Å². The maximum Gasteiger partial charge on any atom is 0.0915 e. The summed E-state index contributed by atoms with van der Waals surface area (Å²) in [6.45, 7) is 0. The monoisotopic (exact) mass is 920 g/mol. The SMILES string of the molecule is c1ccc(N(c2ccccc2)c2ccc3c(c2)C2(c4ccccc4-3)c3ccccc3-c3c2c2cc(N(c4ccccc4)c4ccccc4)ccc2n3-c2cc(-c3ccccn3)nc(-c3ccccn3)c2)cc1. The minimum atomic E-state index is -0.722. The van der Waals surface area contributed by atoms with E-state index in [1.165, 1.54) is 38.9 Å². The summed E-state index contributed by atoms with van der Waals surface area (Å²) in [5.41, 5.74) is 20.7. The first-order valence-corrected chi connectivity index (χ1v) is 24.4. The normalized spacial score (nSPS) is 13.9. The van der Waals surface area contributed by atoms with Gasteiger partial charge in [-0.05, 0) is 143 Å². The predicted octanol–water partition coefficient (Wildman–Crippen LogP) is 16.4. The van der Waals surface area contributed by atoms with E-state index in [1.807, 2.05) is 48.8 Å². The van der Waals surface area contributed by atoms with Crippen LogP contribution in [0, 0.1) is 0 Å². The largest absolute Gasteiger partial charge is 0.310 e. The maximum atomic E-state index is 5.26. The van der Waals surface area contributed by atoms with Crippen LogP contribution in [0.5, 0.6) is 0 Å². The second-order valence-corrected chi connectivity index (χ2v) is 18.4. The molecule has 4 heterocycles. The fraction of sp³-hybridized carbons (Fsp3) is 0.0152. The van der Waals surface area contributed by atoms with Crippen molar-refractivity contribution < 1.29 is 0 Å². The Bertz CT molecular complexity index is 3840. The van der Waals surface area contributed by atoms with E-state index in [0.29, 0.717) is 0 Å². The highest BCUT2D eigenvalue weighted by Crippen LogP contribution is 2.66. The highest BCUT2D eigenvalue weighted by molar-refractivity contribution is 6.07. The highest BCUT2D eigenvalue weighted by Gasteiger charge is 2.54. The first-order chi connectivity index (χ1) is 35.7. The Hall–Kier alpha value is -9.65. The molecule has 6 nitrogen and oxygen atoms in total. The molecule has 0 saturated carbocycles. The second kappa shape index (κ2) is 16.8. The van der Waals surface area contributed by atoms with Gasteiger partial charge in [0.2, 0.25) is 0 Å². The van der Waals surface area contributed by atoms with Gasteiger partial charge in [-0.25, -0.2) is 4.98 Å². The van der Waals surface area contributed by atoms with Crippen molar-refractivity contribution in [2.45, 2.75) is 5.41 Å². The van der Waals surface area contributed by atoms with Gasteiger partial charge in [0.15, 0.2) is 0 Å². The number of benzene rings is 8. The number of nitrogens with zero attached hydrogens (tertiary/aromatic N) is 6. The van der Waals surface area contributed by atoms with Crippen molar-refractivity contribution in [2.24, 2.45) is 0 Å². The molecule has 2 aliphatic rings. The molecule has 1 spiro atoms. The summed E-state index contributed by atoms with van der Waals surface area (Å²) in [6.07, 6.45) is 3.67. The number of rotatable bonds is 9. The van der Waals surface area contributed by atoms with Crippen LogP contribution in [0.25, 0.3) is 61.8 Å². The lowest BCUT2D eigenvalue weighted by molar-refractivity contribution is 0.801. The number of hydrogen-bond donors (Lipinski definition) is 0. The van der Waals surface area contributed by atoms with Gasteiger partial charge in [-0.2, -0.15) is 0 Å². The van der Waals surface area contributed by atoms with Crippen LogP contribution in [0.2, 0.25) is 0 Å². The third-order valence-corrected chi connectivity index (χ3v) is 14.4. The zero-order valence-corrected chi connectivity index (χ0v) is 39.1. The first-order valence-electron chi connectivity index (χ1n) is 24.4. The van der Waals surface area contributed by atoms with E-state index < -0.39 is 5.41 Å². The van der Waals surface area contributed by atoms with E-state index in [0.717, 1.165) is 79.2 Å². The molecule has 0 radical (unpaired) electrons. The molecule has 0 aliphatic heterocycles. The molecule has 8 aromatic carbocycles. The first kappa shape index (κ1) is 41.3. The molecule has 0 saturated heterocycles. The molecule has 1 unspecified atom stereocenters. The molecule has 338 valence electrons.